The number of aliphatic imine (C=N–C) groups is 1. The molecule has 0 aromatic rings. The molecule has 0 atom stereocenters. The summed E-state index contributed by atoms with van der Waals surface area (Å²) < 4.78 is 0. The third-order valence-corrected chi connectivity index (χ3v) is 2.38. The van der Waals surface area contributed by atoms with Crippen LogP contribution in [-0.2, 0) is 0 Å². The van der Waals surface area contributed by atoms with E-state index < -0.39 is 0 Å². The Balaban J connectivity index is 0. The van der Waals surface area contributed by atoms with Crippen LogP contribution >= 0.6 is 0 Å². The van der Waals surface area contributed by atoms with Crippen molar-refractivity contribution in [3.63, 3.8) is 0 Å². The molecule has 0 spiro atoms. The van der Waals surface area contributed by atoms with Crippen molar-refractivity contribution in [2.24, 2.45) is 4.99 Å². The Labute approximate surface area is 107 Å². The Morgan fingerprint density at radius 1 is 1.18 bits per heavy atom. The van der Waals surface area contributed by atoms with Gasteiger partial charge in [-0.15, -0.1) is 0 Å². The first-order chi connectivity index (χ1) is 8.02. The van der Waals surface area contributed by atoms with Crippen LogP contribution in [-0.4, -0.2) is 6.21 Å². The molecule has 0 saturated carbocycles. The molecule has 0 heterocycles. The summed E-state index contributed by atoms with van der Waals surface area (Å²) in [6.07, 6.45) is 6.58. The minimum absolute atomic E-state index is 0.799. The average Bonchev–Trinajstić information content (AvgIpc) is 2.36. The number of nitrogens with zero attached hydrogens (tertiary/aromatic N) is 1. The molecule has 0 N–H and O–H groups in total. The van der Waals surface area contributed by atoms with Crippen molar-refractivity contribution < 1.29 is 0 Å². The van der Waals surface area contributed by atoms with Crippen molar-refractivity contribution in [2.45, 2.75) is 48.0 Å². The standard InChI is InChI=1S/C14H21N.C2H6/c1-7-9-15-14(6)13(5)12(4)10-11(3)8-2;1-2/h7,9-10H,1,6,8H2,2-5H3;1-2H3/b11-10-,13-12+,15-9?;. The van der Waals surface area contributed by atoms with Gasteiger partial charge in [-0.2, -0.15) is 0 Å². The van der Waals surface area contributed by atoms with Crippen molar-refractivity contribution in [3.05, 3.63) is 47.7 Å². The lowest BCUT2D eigenvalue weighted by atomic mass is 10.1. The van der Waals surface area contributed by atoms with Gasteiger partial charge in [0.25, 0.3) is 0 Å². The van der Waals surface area contributed by atoms with E-state index >= 15 is 0 Å². The van der Waals surface area contributed by atoms with Crippen molar-refractivity contribution >= 4 is 6.21 Å². The van der Waals surface area contributed by atoms with Crippen molar-refractivity contribution in [3.8, 4) is 0 Å². The van der Waals surface area contributed by atoms with Gasteiger partial charge in [0, 0.05) is 6.21 Å². The lowest BCUT2D eigenvalue weighted by molar-refractivity contribution is 1.09. The predicted molar refractivity (Wildman–Crippen MR) is 81.6 cm³/mol. The minimum atomic E-state index is 0.799. The normalized spacial score (nSPS) is 12.7. The molecule has 0 aromatic carbocycles. The zero-order valence-electron chi connectivity index (χ0n) is 12.3. The first kappa shape index (κ1) is 18.0. The molecule has 0 fully saturated rings. The molecule has 0 rings (SSSR count). The summed E-state index contributed by atoms with van der Waals surface area (Å²) in [6, 6.07) is 0. The maximum atomic E-state index is 4.17. The maximum absolute atomic E-state index is 4.17. The number of hydrogen-bond donors (Lipinski definition) is 0. The van der Waals surface area contributed by atoms with Crippen LogP contribution in [0.3, 0.4) is 0 Å². The summed E-state index contributed by atoms with van der Waals surface area (Å²) in [6.45, 7) is 19.9. The monoisotopic (exact) mass is 233 g/mol. The van der Waals surface area contributed by atoms with E-state index in [9.17, 15) is 0 Å². The summed E-state index contributed by atoms with van der Waals surface area (Å²) in [4.78, 5) is 4.17. The van der Waals surface area contributed by atoms with Gasteiger partial charge in [-0.25, -0.2) is 0 Å². The maximum Gasteiger partial charge on any atom is 0.0589 e. The average molecular weight is 233 g/mol. The summed E-state index contributed by atoms with van der Waals surface area (Å²) in [7, 11) is 0. The van der Waals surface area contributed by atoms with Crippen LogP contribution in [0.25, 0.3) is 0 Å². The highest BCUT2D eigenvalue weighted by Crippen LogP contribution is 2.16. The second-order valence-corrected chi connectivity index (χ2v) is 3.61. The summed E-state index contributed by atoms with van der Waals surface area (Å²) >= 11 is 0. The van der Waals surface area contributed by atoms with E-state index in [4.69, 9.17) is 0 Å². The van der Waals surface area contributed by atoms with Crippen LogP contribution in [0.1, 0.15) is 48.0 Å². The van der Waals surface area contributed by atoms with Crippen molar-refractivity contribution in [2.75, 3.05) is 0 Å². The Kier molecular flexibility index (Phi) is 11.8. The highest BCUT2D eigenvalue weighted by atomic mass is 14.7. The van der Waals surface area contributed by atoms with Gasteiger partial charge in [0.15, 0.2) is 0 Å². The summed E-state index contributed by atoms with van der Waals surface area (Å²) in [5.41, 5.74) is 4.52. The van der Waals surface area contributed by atoms with Crippen LogP contribution in [0.5, 0.6) is 0 Å². The summed E-state index contributed by atoms with van der Waals surface area (Å²) in [5.74, 6) is 0. The van der Waals surface area contributed by atoms with Gasteiger partial charge < -0.3 is 0 Å². The van der Waals surface area contributed by atoms with Gasteiger partial charge in [-0.3, -0.25) is 4.99 Å². The Hall–Kier alpha value is -1.37. The lowest BCUT2D eigenvalue weighted by Crippen LogP contribution is -1.86. The predicted octanol–water partition coefficient (Wildman–Crippen LogP) is 5.48. The Morgan fingerprint density at radius 3 is 2.12 bits per heavy atom. The number of hydrogen-bond acceptors (Lipinski definition) is 1. The molecular formula is C16H27N. The molecule has 0 unspecified atom stereocenters. The van der Waals surface area contributed by atoms with E-state index in [2.05, 4.69) is 45.0 Å². The molecule has 0 saturated heterocycles. The number of rotatable bonds is 5. The first-order valence-electron chi connectivity index (χ1n) is 6.21. The van der Waals surface area contributed by atoms with E-state index in [0.717, 1.165) is 17.7 Å². The van der Waals surface area contributed by atoms with Crippen molar-refractivity contribution in [1.82, 2.24) is 0 Å². The molecule has 0 amide bonds. The largest absolute Gasteiger partial charge is 0.257 e. The fraction of sp³-hybridized carbons (Fsp3) is 0.438. The van der Waals surface area contributed by atoms with Crippen LogP contribution in [0.2, 0.25) is 0 Å². The van der Waals surface area contributed by atoms with Gasteiger partial charge in [-0.1, -0.05) is 51.7 Å². The molecule has 0 aromatic heterocycles. The van der Waals surface area contributed by atoms with Crippen LogP contribution in [0, 0.1) is 0 Å². The molecule has 0 radical (unpaired) electrons. The molecule has 1 nitrogen and oxygen atoms in total. The van der Waals surface area contributed by atoms with Crippen LogP contribution < -0.4 is 0 Å². The second-order valence-electron chi connectivity index (χ2n) is 3.61. The van der Waals surface area contributed by atoms with E-state index in [1.807, 2.05) is 20.8 Å². The second kappa shape index (κ2) is 11.1. The van der Waals surface area contributed by atoms with E-state index in [-0.39, 0.29) is 0 Å². The number of allylic oxidation sites excluding steroid dienone is 5. The van der Waals surface area contributed by atoms with Gasteiger partial charge in [0.2, 0.25) is 0 Å². The summed E-state index contributed by atoms with van der Waals surface area (Å²) in [5, 5.41) is 0. The zero-order chi connectivity index (χ0) is 13.8. The quantitative estimate of drug-likeness (QED) is 0.440. The topological polar surface area (TPSA) is 12.4 Å². The highest BCUT2D eigenvalue weighted by molar-refractivity contribution is 5.71. The van der Waals surface area contributed by atoms with Gasteiger partial charge >= 0.3 is 0 Å². The van der Waals surface area contributed by atoms with Crippen molar-refractivity contribution in [1.29, 1.82) is 0 Å². The molecule has 96 valence electrons. The van der Waals surface area contributed by atoms with Gasteiger partial charge in [0.05, 0.1) is 5.70 Å². The fourth-order valence-corrected chi connectivity index (χ4v) is 1.05. The van der Waals surface area contributed by atoms with E-state index in [1.165, 1.54) is 11.1 Å². The van der Waals surface area contributed by atoms with Crippen LogP contribution in [0.4, 0.5) is 0 Å². The van der Waals surface area contributed by atoms with Crippen LogP contribution in [0.15, 0.2) is 52.7 Å². The third-order valence-electron chi connectivity index (χ3n) is 2.38. The van der Waals surface area contributed by atoms with E-state index in [0.29, 0.717) is 0 Å². The SMILES string of the molecule is C=CC=NC(=C)/C(C)=C(C)/C=C(/C)CC.CC. The highest BCUT2D eigenvalue weighted by Gasteiger charge is 1.97. The lowest BCUT2D eigenvalue weighted by Gasteiger charge is -2.04. The molecule has 0 aliphatic heterocycles. The molecule has 1 heteroatoms. The van der Waals surface area contributed by atoms with Gasteiger partial charge in [0.1, 0.15) is 0 Å². The van der Waals surface area contributed by atoms with Gasteiger partial charge in [-0.05, 0) is 38.3 Å². The van der Waals surface area contributed by atoms with E-state index in [1.54, 1.807) is 12.3 Å². The molecule has 0 aliphatic rings. The molecule has 0 bridgehead atoms. The Bertz CT molecular complexity index is 327. The molecular weight excluding hydrogens is 206 g/mol. The Morgan fingerprint density at radius 2 is 1.71 bits per heavy atom. The third kappa shape index (κ3) is 8.44. The molecule has 17 heavy (non-hydrogen) atoms. The first-order valence-corrected chi connectivity index (χ1v) is 6.21. The minimum Gasteiger partial charge on any atom is -0.257 e. The smallest absolute Gasteiger partial charge is 0.0589 e. The molecule has 0 aliphatic carbocycles. The fourth-order valence-electron chi connectivity index (χ4n) is 1.05. The zero-order valence-corrected chi connectivity index (χ0v) is 12.3.